The van der Waals surface area contributed by atoms with Gasteiger partial charge in [-0.3, -0.25) is 0 Å². The number of allylic oxidation sites excluding steroid dienone is 1. The zero-order chi connectivity index (χ0) is 10.3. The summed E-state index contributed by atoms with van der Waals surface area (Å²) >= 11 is 1.90. The molecule has 0 amide bonds. The van der Waals surface area contributed by atoms with Crippen LogP contribution in [0.2, 0.25) is 0 Å². The second-order valence-corrected chi connectivity index (χ2v) is 5.97. The Bertz CT molecular complexity index is 355. The van der Waals surface area contributed by atoms with Gasteiger partial charge >= 0.3 is 0 Å². The molecule has 0 saturated heterocycles. The fourth-order valence-electron chi connectivity index (χ4n) is 2.63. The Morgan fingerprint density at radius 3 is 2.71 bits per heavy atom. The van der Waals surface area contributed by atoms with Crippen LogP contribution in [-0.4, -0.2) is 0 Å². The molecule has 1 unspecified atom stereocenters. The van der Waals surface area contributed by atoms with Gasteiger partial charge in [0, 0.05) is 10.3 Å². The molecule has 14 heavy (non-hydrogen) atoms. The molecule has 2 rings (SSSR count). The van der Waals surface area contributed by atoms with Gasteiger partial charge in [-0.15, -0.1) is 11.3 Å². The molecule has 0 aliphatic heterocycles. The Kier molecular flexibility index (Phi) is 2.30. The van der Waals surface area contributed by atoms with Gasteiger partial charge in [-0.2, -0.15) is 0 Å². The molecule has 1 heterocycles. The van der Waals surface area contributed by atoms with Gasteiger partial charge in [0.05, 0.1) is 0 Å². The van der Waals surface area contributed by atoms with Crippen molar-refractivity contribution in [3.8, 4) is 0 Å². The van der Waals surface area contributed by atoms with Crippen LogP contribution in [0.4, 0.5) is 0 Å². The van der Waals surface area contributed by atoms with Gasteiger partial charge in [-0.1, -0.05) is 39.8 Å². The van der Waals surface area contributed by atoms with Crippen molar-refractivity contribution in [3.63, 3.8) is 0 Å². The van der Waals surface area contributed by atoms with Crippen molar-refractivity contribution in [1.82, 2.24) is 0 Å². The summed E-state index contributed by atoms with van der Waals surface area (Å²) in [6, 6.07) is 2.23. The lowest BCUT2D eigenvalue weighted by molar-refractivity contribution is 0.301. The molecule has 0 radical (unpaired) electrons. The summed E-state index contributed by atoms with van der Waals surface area (Å²) in [5.41, 5.74) is 1.74. The van der Waals surface area contributed by atoms with E-state index in [9.17, 15) is 0 Å². The van der Waals surface area contributed by atoms with E-state index in [2.05, 4.69) is 51.3 Å². The maximum Gasteiger partial charge on any atom is 0.0180 e. The lowest BCUT2D eigenvalue weighted by Gasteiger charge is -2.37. The molecule has 0 fully saturated rings. The first-order valence-electron chi connectivity index (χ1n) is 5.29. The van der Waals surface area contributed by atoms with Crippen LogP contribution >= 0.6 is 11.3 Å². The first-order valence-corrected chi connectivity index (χ1v) is 6.17. The number of hydrogen-bond donors (Lipinski definition) is 0. The highest BCUT2D eigenvalue weighted by Crippen LogP contribution is 2.45. The molecular formula is C13H18S. The van der Waals surface area contributed by atoms with Gasteiger partial charge in [0.1, 0.15) is 0 Å². The van der Waals surface area contributed by atoms with Gasteiger partial charge in [-0.25, -0.2) is 0 Å². The second-order valence-electron chi connectivity index (χ2n) is 5.06. The molecule has 0 bridgehead atoms. The number of rotatable bonds is 1. The van der Waals surface area contributed by atoms with Gasteiger partial charge < -0.3 is 0 Å². The molecule has 1 aromatic rings. The smallest absolute Gasteiger partial charge is 0.0180 e. The average Bonchev–Trinajstić information content (AvgIpc) is 2.51. The molecule has 1 heteroatoms. The van der Waals surface area contributed by atoms with Gasteiger partial charge in [0.15, 0.2) is 0 Å². The van der Waals surface area contributed by atoms with Crippen LogP contribution in [-0.2, 0) is 5.41 Å². The first-order chi connectivity index (χ1) is 6.53. The molecule has 0 nitrogen and oxygen atoms in total. The standard InChI is InChI=1S/C13H18S/c1-9(2)11-6-5-10-7-8-14-12(10)13(11,3)4/h5-9,11H,1-4H3. The van der Waals surface area contributed by atoms with Gasteiger partial charge in [-0.05, 0) is 28.8 Å². The molecule has 0 N–H and O–H groups in total. The predicted molar refractivity (Wildman–Crippen MR) is 64.7 cm³/mol. The third-order valence-corrected chi connectivity index (χ3v) is 4.59. The zero-order valence-corrected chi connectivity index (χ0v) is 10.2. The predicted octanol–water partition coefficient (Wildman–Crippen LogP) is 4.32. The topological polar surface area (TPSA) is 0 Å². The van der Waals surface area contributed by atoms with Crippen LogP contribution < -0.4 is 0 Å². The fourth-order valence-corrected chi connectivity index (χ4v) is 3.69. The fraction of sp³-hybridized carbons (Fsp3) is 0.538. The number of fused-ring (bicyclic) bond motifs is 1. The summed E-state index contributed by atoms with van der Waals surface area (Å²) in [4.78, 5) is 1.55. The SMILES string of the molecule is CC(C)C1C=Cc2ccsc2C1(C)C. The Balaban J connectivity index is 2.48. The Hall–Kier alpha value is -0.560. The zero-order valence-electron chi connectivity index (χ0n) is 9.37. The lowest BCUT2D eigenvalue weighted by Crippen LogP contribution is -2.32. The van der Waals surface area contributed by atoms with E-state index >= 15 is 0 Å². The molecule has 0 aromatic carbocycles. The van der Waals surface area contributed by atoms with E-state index in [1.807, 2.05) is 11.3 Å². The van der Waals surface area contributed by atoms with E-state index in [1.165, 1.54) is 5.56 Å². The molecule has 0 saturated carbocycles. The van der Waals surface area contributed by atoms with Crippen LogP contribution in [0.1, 0.15) is 38.1 Å². The largest absolute Gasteiger partial charge is 0.148 e. The van der Waals surface area contributed by atoms with Crippen LogP contribution in [0.5, 0.6) is 0 Å². The molecule has 76 valence electrons. The van der Waals surface area contributed by atoms with E-state index in [0.29, 0.717) is 11.3 Å². The summed E-state index contributed by atoms with van der Waals surface area (Å²) in [6.45, 7) is 9.37. The lowest BCUT2D eigenvalue weighted by atomic mass is 9.68. The average molecular weight is 206 g/mol. The molecule has 1 aliphatic rings. The first kappa shape index (κ1) is 9.97. The van der Waals surface area contributed by atoms with Crippen molar-refractivity contribution in [2.24, 2.45) is 11.8 Å². The highest BCUT2D eigenvalue weighted by atomic mass is 32.1. The monoisotopic (exact) mass is 206 g/mol. The van der Waals surface area contributed by atoms with E-state index < -0.39 is 0 Å². The van der Waals surface area contributed by atoms with E-state index in [0.717, 1.165) is 5.92 Å². The third-order valence-electron chi connectivity index (χ3n) is 3.32. The summed E-state index contributed by atoms with van der Waals surface area (Å²) in [7, 11) is 0. The van der Waals surface area contributed by atoms with Crippen molar-refractivity contribution in [1.29, 1.82) is 0 Å². The second kappa shape index (κ2) is 3.23. The minimum absolute atomic E-state index is 0.312. The minimum Gasteiger partial charge on any atom is -0.148 e. The quantitative estimate of drug-likeness (QED) is 0.641. The Labute approximate surface area is 90.7 Å². The summed E-state index contributed by atoms with van der Waals surface area (Å²) in [6.07, 6.45) is 4.68. The van der Waals surface area contributed by atoms with Crippen LogP contribution in [0, 0.1) is 11.8 Å². The van der Waals surface area contributed by atoms with E-state index in [-0.39, 0.29) is 0 Å². The number of thiophene rings is 1. The third kappa shape index (κ3) is 1.35. The Morgan fingerprint density at radius 2 is 2.07 bits per heavy atom. The summed E-state index contributed by atoms with van der Waals surface area (Å²) < 4.78 is 0. The van der Waals surface area contributed by atoms with E-state index in [1.54, 1.807) is 4.88 Å². The van der Waals surface area contributed by atoms with Crippen molar-refractivity contribution >= 4 is 17.4 Å². The van der Waals surface area contributed by atoms with Crippen molar-refractivity contribution in [3.05, 3.63) is 28.0 Å². The van der Waals surface area contributed by atoms with E-state index in [4.69, 9.17) is 0 Å². The van der Waals surface area contributed by atoms with Crippen molar-refractivity contribution in [2.75, 3.05) is 0 Å². The van der Waals surface area contributed by atoms with Crippen molar-refractivity contribution in [2.45, 2.75) is 33.1 Å². The summed E-state index contributed by atoms with van der Waals surface area (Å²) in [5, 5.41) is 2.21. The maximum atomic E-state index is 2.39. The van der Waals surface area contributed by atoms with Crippen LogP contribution in [0.25, 0.3) is 6.08 Å². The normalized spacial score (nSPS) is 23.9. The van der Waals surface area contributed by atoms with Crippen LogP contribution in [0.3, 0.4) is 0 Å². The molecular weight excluding hydrogens is 188 g/mol. The van der Waals surface area contributed by atoms with Gasteiger partial charge in [0.2, 0.25) is 0 Å². The molecule has 0 spiro atoms. The highest BCUT2D eigenvalue weighted by molar-refractivity contribution is 7.10. The molecule has 1 aliphatic carbocycles. The van der Waals surface area contributed by atoms with Gasteiger partial charge in [0.25, 0.3) is 0 Å². The minimum atomic E-state index is 0.312. The molecule has 1 aromatic heterocycles. The van der Waals surface area contributed by atoms with Crippen LogP contribution in [0.15, 0.2) is 17.5 Å². The van der Waals surface area contributed by atoms with Crippen molar-refractivity contribution < 1.29 is 0 Å². The number of hydrogen-bond acceptors (Lipinski definition) is 1. The Morgan fingerprint density at radius 1 is 1.36 bits per heavy atom. The summed E-state index contributed by atoms with van der Waals surface area (Å²) in [5.74, 6) is 1.39. The highest BCUT2D eigenvalue weighted by Gasteiger charge is 2.36. The maximum absolute atomic E-state index is 2.39. The molecule has 1 atom stereocenters.